The number of benzene rings is 2. The molecule has 0 unspecified atom stereocenters. The van der Waals surface area contributed by atoms with Crippen molar-refractivity contribution in [2.24, 2.45) is 5.73 Å². The number of hydrogen-bond donors (Lipinski definition) is 3. The number of nitrogens with zero attached hydrogens (tertiary/aromatic N) is 2. The van der Waals surface area contributed by atoms with Gasteiger partial charge in [0, 0.05) is 43.3 Å². The van der Waals surface area contributed by atoms with Gasteiger partial charge in [0.2, 0.25) is 5.91 Å². The minimum atomic E-state index is -4.01. The summed E-state index contributed by atoms with van der Waals surface area (Å²) >= 11 is 1.27. The molecule has 9 nitrogen and oxygen atoms in total. The molecule has 0 aliphatic rings. The van der Waals surface area contributed by atoms with Crippen LogP contribution in [0.4, 0.5) is 10.8 Å². The Kier molecular flexibility index (Phi) is 12.9. The van der Waals surface area contributed by atoms with Crippen LogP contribution >= 0.6 is 23.7 Å². The molecule has 12 heteroatoms. The fraction of sp³-hybridized carbons (Fsp3) is 0.481. The summed E-state index contributed by atoms with van der Waals surface area (Å²) in [6, 6.07) is 12.3. The first-order valence-electron chi connectivity index (χ1n) is 13.0. The van der Waals surface area contributed by atoms with E-state index in [1.54, 1.807) is 30.3 Å². The van der Waals surface area contributed by atoms with Crippen molar-refractivity contribution in [2.75, 3.05) is 30.3 Å². The van der Waals surface area contributed by atoms with Gasteiger partial charge >= 0.3 is 10.1 Å². The molecule has 0 fully saturated rings. The number of anilines is 2. The van der Waals surface area contributed by atoms with Gasteiger partial charge in [0.15, 0.2) is 5.13 Å². The van der Waals surface area contributed by atoms with Crippen LogP contribution < -0.4 is 20.6 Å². The normalized spacial score (nSPS) is 11.7. The van der Waals surface area contributed by atoms with Gasteiger partial charge in [-0.15, -0.1) is 12.4 Å². The molecular weight excluding hydrogens is 558 g/mol. The number of halogens is 1. The number of thiazole rings is 1. The number of unbranched alkanes of at least 4 members (excludes halogenated alkanes) is 2. The van der Waals surface area contributed by atoms with Crippen molar-refractivity contribution in [1.29, 1.82) is 0 Å². The quantitative estimate of drug-likeness (QED) is 0.155. The van der Waals surface area contributed by atoms with Gasteiger partial charge in [0.1, 0.15) is 10.6 Å². The van der Waals surface area contributed by atoms with Crippen molar-refractivity contribution in [2.45, 2.75) is 70.4 Å². The van der Waals surface area contributed by atoms with Crippen LogP contribution in [0.3, 0.4) is 0 Å². The molecule has 1 amide bonds. The first-order chi connectivity index (χ1) is 18.1. The number of amides is 1. The highest BCUT2D eigenvalue weighted by Gasteiger charge is 2.18. The van der Waals surface area contributed by atoms with Gasteiger partial charge in [-0.2, -0.15) is 8.42 Å². The Labute approximate surface area is 242 Å². The third kappa shape index (κ3) is 9.91. The molecule has 1 heterocycles. The van der Waals surface area contributed by atoms with Crippen LogP contribution in [0.1, 0.15) is 53.4 Å². The second kappa shape index (κ2) is 15.4. The fourth-order valence-corrected chi connectivity index (χ4v) is 5.99. The van der Waals surface area contributed by atoms with Crippen LogP contribution in [-0.2, 0) is 14.9 Å². The van der Waals surface area contributed by atoms with Crippen LogP contribution in [0.25, 0.3) is 10.2 Å². The molecule has 3 rings (SSSR count). The molecule has 0 atom stereocenters. The zero-order chi connectivity index (χ0) is 27.7. The Balaban J connectivity index is 0.00000533. The van der Waals surface area contributed by atoms with Gasteiger partial charge in [-0.25, -0.2) is 4.98 Å². The maximum Gasteiger partial charge on any atom is 0.339 e. The van der Waals surface area contributed by atoms with E-state index in [1.165, 1.54) is 23.5 Å². The number of nitrogens with one attached hydrogen (secondary N) is 2. The van der Waals surface area contributed by atoms with E-state index < -0.39 is 10.1 Å². The van der Waals surface area contributed by atoms with Crippen molar-refractivity contribution in [3.05, 3.63) is 42.5 Å². The Hall–Kier alpha value is -2.44. The molecule has 0 radical (unpaired) electrons. The second-order valence-electron chi connectivity index (χ2n) is 9.71. The van der Waals surface area contributed by atoms with Gasteiger partial charge in [0.05, 0.1) is 10.2 Å². The molecule has 0 saturated heterocycles. The Morgan fingerprint density at radius 2 is 1.74 bits per heavy atom. The molecule has 4 N–H and O–H groups in total. The van der Waals surface area contributed by atoms with Crippen LogP contribution in [0.2, 0.25) is 0 Å². The highest BCUT2D eigenvalue weighted by molar-refractivity contribution is 7.87. The zero-order valence-electron chi connectivity index (χ0n) is 23.0. The average Bonchev–Trinajstić information content (AvgIpc) is 3.25. The molecule has 0 spiro atoms. The predicted molar refractivity (Wildman–Crippen MR) is 163 cm³/mol. The maximum absolute atomic E-state index is 12.9. The van der Waals surface area contributed by atoms with Crippen molar-refractivity contribution in [3.63, 3.8) is 0 Å². The van der Waals surface area contributed by atoms with Crippen LogP contribution in [-0.4, -0.2) is 55.9 Å². The number of aromatic nitrogens is 1. The van der Waals surface area contributed by atoms with Crippen LogP contribution in [0, 0.1) is 0 Å². The second-order valence-corrected chi connectivity index (χ2v) is 12.3. The Bertz CT molecular complexity index is 1290. The third-order valence-corrected chi connectivity index (χ3v) is 8.28. The standard InChI is InChI=1S/C27H39N5O4S2.ClH/c1-19(2)32(20(3)4)17-16-29-21-9-12-23(13-10-21)38(34,35)36-22-11-14-24-25(18-22)37-27(30-24)31-26(33)8-6-5-7-15-28;/h9-14,18-20,29H,5-8,15-17,28H2,1-4H3,(H,30,31,33);1H. The van der Waals surface area contributed by atoms with Crippen LogP contribution in [0.15, 0.2) is 47.4 Å². The van der Waals surface area contributed by atoms with Crippen LogP contribution in [0.5, 0.6) is 5.75 Å². The monoisotopic (exact) mass is 597 g/mol. The van der Waals surface area contributed by atoms with Gasteiger partial charge in [-0.3, -0.25) is 9.69 Å². The number of carbonyl (C=O) groups excluding carboxylic acids is 1. The summed E-state index contributed by atoms with van der Waals surface area (Å²) in [4.78, 5) is 19.0. The van der Waals surface area contributed by atoms with Crippen molar-refractivity contribution < 1.29 is 17.4 Å². The van der Waals surface area contributed by atoms with E-state index in [2.05, 4.69) is 48.2 Å². The average molecular weight is 598 g/mol. The zero-order valence-corrected chi connectivity index (χ0v) is 25.4. The summed E-state index contributed by atoms with van der Waals surface area (Å²) < 4.78 is 31.9. The summed E-state index contributed by atoms with van der Waals surface area (Å²) in [6.07, 6.45) is 2.99. The molecule has 216 valence electrons. The van der Waals surface area contributed by atoms with Gasteiger partial charge in [-0.05, 0) is 83.5 Å². The molecule has 0 aliphatic heterocycles. The first-order valence-corrected chi connectivity index (χ1v) is 15.3. The summed E-state index contributed by atoms with van der Waals surface area (Å²) in [5.74, 6) is 0.0840. The first kappa shape index (κ1) is 32.8. The van der Waals surface area contributed by atoms with Crippen molar-refractivity contribution >= 4 is 60.8 Å². The van der Waals surface area contributed by atoms with Gasteiger partial charge < -0.3 is 20.6 Å². The highest BCUT2D eigenvalue weighted by Crippen LogP contribution is 2.31. The number of fused-ring (bicyclic) bond motifs is 1. The Morgan fingerprint density at radius 1 is 1.05 bits per heavy atom. The largest absolute Gasteiger partial charge is 0.384 e. The lowest BCUT2D eigenvalue weighted by Gasteiger charge is -2.30. The lowest BCUT2D eigenvalue weighted by molar-refractivity contribution is -0.116. The van der Waals surface area contributed by atoms with Crippen molar-refractivity contribution in [1.82, 2.24) is 9.88 Å². The van der Waals surface area contributed by atoms with E-state index in [0.29, 0.717) is 40.4 Å². The molecule has 1 aromatic heterocycles. The fourth-order valence-electron chi connectivity index (χ4n) is 4.15. The Morgan fingerprint density at radius 3 is 2.38 bits per heavy atom. The van der Waals surface area contributed by atoms with E-state index >= 15 is 0 Å². The molecule has 0 aliphatic carbocycles. The SMILES string of the molecule is CC(C)N(CCNc1ccc(S(=O)(=O)Oc2ccc3nc(NC(=O)CCCCCN)sc3c2)cc1)C(C)C.Cl. The number of hydrogen-bond acceptors (Lipinski definition) is 9. The van der Waals surface area contributed by atoms with E-state index in [-0.39, 0.29) is 29.0 Å². The van der Waals surface area contributed by atoms with Crippen molar-refractivity contribution in [3.8, 4) is 5.75 Å². The van der Waals surface area contributed by atoms with Gasteiger partial charge in [-0.1, -0.05) is 17.8 Å². The van der Waals surface area contributed by atoms with E-state index in [9.17, 15) is 13.2 Å². The third-order valence-electron chi connectivity index (χ3n) is 6.09. The number of rotatable bonds is 15. The molecule has 39 heavy (non-hydrogen) atoms. The summed E-state index contributed by atoms with van der Waals surface area (Å²) in [5.41, 5.74) is 6.98. The van der Waals surface area contributed by atoms with Gasteiger partial charge in [0.25, 0.3) is 0 Å². The summed E-state index contributed by atoms with van der Waals surface area (Å²) in [7, 11) is -4.01. The van der Waals surface area contributed by atoms with E-state index in [4.69, 9.17) is 9.92 Å². The summed E-state index contributed by atoms with van der Waals surface area (Å²) in [6.45, 7) is 11.0. The molecular formula is C27H40ClN5O4S2. The maximum atomic E-state index is 12.9. The molecule has 0 bridgehead atoms. The molecule has 0 saturated carbocycles. The highest BCUT2D eigenvalue weighted by atomic mass is 35.5. The molecule has 2 aromatic carbocycles. The predicted octanol–water partition coefficient (Wildman–Crippen LogP) is 5.47. The smallest absolute Gasteiger partial charge is 0.339 e. The van der Waals surface area contributed by atoms with E-state index in [1.807, 2.05) is 0 Å². The number of nitrogens with two attached hydrogens (primary N) is 1. The number of carbonyl (C=O) groups is 1. The minimum Gasteiger partial charge on any atom is -0.384 e. The topological polar surface area (TPSA) is 127 Å². The lowest BCUT2D eigenvalue weighted by atomic mass is 10.2. The lowest BCUT2D eigenvalue weighted by Crippen LogP contribution is -2.40. The molecule has 3 aromatic rings. The van der Waals surface area contributed by atoms with E-state index in [0.717, 1.165) is 38.0 Å². The minimum absolute atomic E-state index is 0. The summed E-state index contributed by atoms with van der Waals surface area (Å²) in [5, 5.41) is 6.63.